The van der Waals surface area contributed by atoms with Crippen LogP contribution in [0.15, 0.2) is 12.1 Å². The molecule has 0 atom stereocenters. The zero-order valence-electron chi connectivity index (χ0n) is 8.78. The van der Waals surface area contributed by atoms with Gasteiger partial charge >= 0.3 is 5.97 Å². The normalized spacial score (nSPS) is 11.3. The monoisotopic (exact) mass is 283 g/mol. The van der Waals surface area contributed by atoms with E-state index < -0.39 is 51.3 Å². The number of halogens is 3. The maximum atomic E-state index is 13.1. The molecule has 0 aliphatic rings. The van der Waals surface area contributed by atoms with E-state index in [4.69, 9.17) is 5.11 Å². The number of hydrogen-bond donors (Lipinski definition) is 2. The smallest absolute Gasteiger partial charge is 0.304 e. The van der Waals surface area contributed by atoms with E-state index in [0.717, 1.165) is 0 Å². The zero-order valence-corrected chi connectivity index (χ0v) is 9.60. The molecule has 1 aromatic rings. The SMILES string of the molecule is O=C(O)CCS(=O)(=O)Nc1cc(F)c(F)cc1F. The van der Waals surface area contributed by atoms with Crippen molar-refractivity contribution in [2.24, 2.45) is 0 Å². The average molecular weight is 283 g/mol. The Hall–Kier alpha value is -1.77. The predicted octanol–water partition coefficient (Wildman–Crippen LogP) is 1.32. The molecule has 18 heavy (non-hydrogen) atoms. The van der Waals surface area contributed by atoms with Gasteiger partial charge in [0, 0.05) is 12.1 Å². The molecule has 0 spiro atoms. The maximum Gasteiger partial charge on any atom is 0.304 e. The van der Waals surface area contributed by atoms with Crippen molar-refractivity contribution in [1.82, 2.24) is 0 Å². The lowest BCUT2D eigenvalue weighted by atomic mass is 10.3. The molecule has 9 heteroatoms. The largest absolute Gasteiger partial charge is 0.481 e. The lowest BCUT2D eigenvalue weighted by Gasteiger charge is -2.08. The number of benzene rings is 1. The third-order valence-corrected chi connectivity index (χ3v) is 3.13. The molecule has 0 unspecified atom stereocenters. The first-order chi connectivity index (χ1) is 8.21. The van der Waals surface area contributed by atoms with E-state index in [1.165, 1.54) is 0 Å². The first-order valence-corrected chi connectivity index (χ1v) is 6.23. The Bertz CT molecular complexity index is 573. The van der Waals surface area contributed by atoms with Gasteiger partial charge in [-0.2, -0.15) is 0 Å². The van der Waals surface area contributed by atoms with Crippen LogP contribution in [0.3, 0.4) is 0 Å². The van der Waals surface area contributed by atoms with Crippen molar-refractivity contribution in [1.29, 1.82) is 0 Å². The first kappa shape index (κ1) is 14.3. The second-order valence-corrected chi connectivity index (χ2v) is 5.15. The number of carbonyl (C=O) groups is 1. The highest BCUT2D eigenvalue weighted by Crippen LogP contribution is 2.19. The first-order valence-electron chi connectivity index (χ1n) is 4.58. The van der Waals surface area contributed by atoms with Crippen LogP contribution < -0.4 is 4.72 Å². The van der Waals surface area contributed by atoms with Crippen molar-refractivity contribution in [3.63, 3.8) is 0 Å². The summed E-state index contributed by atoms with van der Waals surface area (Å²) in [6.45, 7) is 0. The van der Waals surface area contributed by atoms with Gasteiger partial charge < -0.3 is 5.11 Å². The van der Waals surface area contributed by atoms with E-state index >= 15 is 0 Å². The van der Waals surface area contributed by atoms with E-state index in [2.05, 4.69) is 0 Å². The fraction of sp³-hybridized carbons (Fsp3) is 0.222. The highest BCUT2D eigenvalue weighted by atomic mass is 32.2. The second kappa shape index (κ2) is 5.25. The van der Waals surface area contributed by atoms with E-state index in [1.807, 2.05) is 0 Å². The fourth-order valence-electron chi connectivity index (χ4n) is 1.04. The van der Waals surface area contributed by atoms with Gasteiger partial charge in [-0.15, -0.1) is 0 Å². The van der Waals surface area contributed by atoms with E-state index in [0.29, 0.717) is 6.07 Å². The third kappa shape index (κ3) is 3.91. The minimum atomic E-state index is -4.14. The molecular formula is C9H8F3NO4S. The van der Waals surface area contributed by atoms with Gasteiger partial charge in [-0.3, -0.25) is 9.52 Å². The van der Waals surface area contributed by atoms with Crippen LogP contribution in [0.4, 0.5) is 18.9 Å². The zero-order chi connectivity index (χ0) is 13.9. The number of sulfonamides is 1. The summed E-state index contributed by atoms with van der Waals surface area (Å²) in [7, 11) is -4.14. The topological polar surface area (TPSA) is 83.5 Å². The molecule has 2 N–H and O–H groups in total. The molecule has 0 aliphatic heterocycles. The molecule has 100 valence electrons. The number of rotatable bonds is 5. The van der Waals surface area contributed by atoms with E-state index in [-0.39, 0.29) is 6.07 Å². The van der Waals surface area contributed by atoms with Gasteiger partial charge in [0.25, 0.3) is 0 Å². The molecule has 0 saturated heterocycles. The molecule has 0 fully saturated rings. The van der Waals surface area contributed by atoms with Crippen molar-refractivity contribution >= 4 is 21.7 Å². The number of aliphatic carboxylic acids is 1. The number of carboxylic acids is 1. The van der Waals surface area contributed by atoms with Gasteiger partial charge in [-0.1, -0.05) is 0 Å². The van der Waals surface area contributed by atoms with Crippen LogP contribution in [0.5, 0.6) is 0 Å². The number of hydrogen-bond acceptors (Lipinski definition) is 3. The van der Waals surface area contributed by atoms with Crippen LogP contribution >= 0.6 is 0 Å². The number of carboxylic acid groups (broad SMARTS) is 1. The summed E-state index contributed by atoms with van der Waals surface area (Å²) in [5.41, 5.74) is -0.778. The van der Waals surface area contributed by atoms with Crippen molar-refractivity contribution < 1.29 is 31.5 Å². The number of anilines is 1. The molecule has 0 saturated carbocycles. The Balaban J connectivity index is 2.91. The van der Waals surface area contributed by atoms with Crippen molar-refractivity contribution in [3.8, 4) is 0 Å². The standard InChI is InChI=1S/C9H8F3NO4S/c10-5-3-7(12)8(4-6(5)11)13-18(16,17)2-1-9(14)15/h3-4,13H,1-2H2,(H,14,15). The molecular weight excluding hydrogens is 275 g/mol. The van der Waals surface area contributed by atoms with Crippen LogP contribution in [-0.2, 0) is 14.8 Å². The average Bonchev–Trinajstić information content (AvgIpc) is 2.23. The lowest BCUT2D eigenvalue weighted by Crippen LogP contribution is -2.19. The molecule has 1 aromatic carbocycles. The molecule has 0 radical (unpaired) electrons. The van der Waals surface area contributed by atoms with Crippen molar-refractivity contribution in [2.45, 2.75) is 6.42 Å². The summed E-state index contributed by atoms with van der Waals surface area (Å²) < 4.78 is 62.7. The molecule has 0 bridgehead atoms. The molecule has 1 rings (SSSR count). The Kier molecular flexibility index (Phi) is 4.17. The maximum absolute atomic E-state index is 13.1. The van der Waals surface area contributed by atoms with Crippen molar-refractivity contribution in [2.75, 3.05) is 10.5 Å². The van der Waals surface area contributed by atoms with Crippen LogP contribution in [0.2, 0.25) is 0 Å². The van der Waals surface area contributed by atoms with Crippen LogP contribution in [0.1, 0.15) is 6.42 Å². The Morgan fingerprint density at radius 1 is 1.17 bits per heavy atom. The van der Waals surface area contributed by atoms with Crippen LogP contribution in [0, 0.1) is 17.5 Å². The summed E-state index contributed by atoms with van der Waals surface area (Å²) in [4.78, 5) is 10.2. The fourth-order valence-corrected chi connectivity index (χ4v) is 2.08. The summed E-state index contributed by atoms with van der Waals surface area (Å²) in [5.74, 6) is -6.34. The molecule has 5 nitrogen and oxygen atoms in total. The van der Waals surface area contributed by atoms with E-state index in [9.17, 15) is 26.4 Å². The van der Waals surface area contributed by atoms with Gasteiger partial charge in [-0.25, -0.2) is 21.6 Å². The quantitative estimate of drug-likeness (QED) is 0.798. The number of nitrogens with one attached hydrogen (secondary N) is 1. The molecule has 0 aromatic heterocycles. The van der Waals surface area contributed by atoms with Gasteiger partial charge in [-0.05, 0) is 0 Å². The lowest BCUT2D eigenvalue weighted by molar-refractivity contribution is -0.136. The van der Waals surface area contributed by atoms with Crippen LogP contribution in [0.25, 0.3) is 0 Å². The van der Waals surface area contributed by atoms with Gasteiger partial charge in [0.2, 0.25) is 10.0 Å². The summed E-state index contributed by atoms with van der Waals surface area (Å²) in [6, 6.07) is 0.521. The predicted molar refractivity (Wildman–Crippen MR) is 56.0 cm³/mol. The third-order valence-electron chi connectivity index (χ3n) is 1.86. The Morgan fingerprint density at radius 2 is 1.72 bits per heavy atom. The van der Waals surface area contributed by atoms with Gasteiger partial charge in [0.05, 0.1) is 17.9 Å². The van der Waals surface area contributed by atoms with Gasteiger partial charge in [0.15, 0.2) is 11.6 Å². The molecule has 0 amide bonds. The minimum Gasteiger partial charge on any atom is -0.481 e. The Labute approximate surface area is 100 Å². The van der Waals surface area contributed by atoms with Crippen molar-refractivity contribution in [3.05, 3.63) is 29.6 Å². The molecule has 0 aliphatic carbocycles. The van der Waals surface area contributed by atoms with E-state index in [1.54, 1.807) is 4.72 Å². The molecule has 0 heterocycles. The Morgan fingerprint density at radius 3 is 2.28 bits per heavy atom. The highest BCUT2D eigenvalue weighted by Gasteiger charge is 2.17. The minimum absolute atomic E-state index is 0.185. The summed E-state index contributed by atoms with van der Waals surface area (Å²) in [6.07, 6.45) is -0.694. The summed E-state index contributed by atoms with van der Waals surface area (Å²) >= 11 is 0. The van der Waals surface area contributed by atoms with Crippen LogP contribution in [-0.4, -0.2) is 25.2 Å². The van der Waals surface area contributed by atoms with Gasteiger partial charge in [0.1, 0.15) is 5.82 Å². The summed E-state index contributed by atoms with van der Waals surface area (Å²) in [5, 5.41) is 8.30. The highest BCUT2D eigenvalue weighted by molar-refractivity contribution is 7.92. The second-order valence-electron chi connectivity index (χ2n) is 3.31.